The van der Waals surface area contributed by atoms with Crippen molar-refractivity contribution < 1.29 is 14.3 Å². The van der Waals surface area contributed by atoms with E-state index in [4.69, 9.17) is 19.4 Å². The molecule has 3 aromatic carbocycles. The van der Waals surface area contributed by atoms with Gasteiger partial charge in [-0.25, -0.2) is 4.79 Å². The van der Waals surface area contributed by atoms with Crippen LogP contribution >= 0.6 is 0 Å². The number of piperazine rings is 1. The van der Waals surface area contributed by atoms with Crippen molar-refractivity contribution >= 4 is 28.4 Å². The number of amides is 1. The van der Waals surface area contributed by atoms with Gasteiger partial charge in [-0.2, -0.15) is 15.2 Å². The molecule has 0 aliphatic carbocycles. The van der Waals surface area contributed by atoms with Gasteiger partial charge in [-0.05, 0) is 62.7 Å². The Morgan fingerprint density at radius 1 is 0.939 bits per heavy atom. The number of aromatic nitrogens is 2. The highest BCUT2D eigenvalue weighted by Gasteiger charge is 2.35. The van der Waals surface area contributed by atoms with E-state index in [2.05, 4.69) is 71.1 Å². The van der Waals surface area contributed by atoms with E-state index in [9.17, 15) is 10.1 Å². The average Bonchev–Trinajstić information content (AvgIpc) is 3.42. The van der Waals surface area contributed by atoms with Crippen LogP contribution in [-0.4, -0.2) is 84.3 Å². The van der Waals surface area contributed by atoms with Crippen LogP contribution < -0.4 is 14.5 Å². The number of hydrogen-bond donors (Lipinski definition) is 0. The topological polar surface area (TPSA) is 98.1 Å². The minimum Gasteiger partial charge on any atom is -0.462 e. The summed E-state index contributed by atoms with van der Waals surface area (Å²) < 4.78 is 12.1. The van der Waals surface area contributed by atoms with Crippen LogP contribution in [0.1, 0.15) is 48.1 Å². The molecule has 0 spiro atoms. The molecule has 0 unspecified atom stereocenters. The summed E-state index contributed by atoms with van der Waals surface area (Å²) >= 11 is 0. The summed E-state index contributed by atoms with van der Waals surface area (Å²) in [4.78, 5) is 32.2. The van der Waals surface area contributed by atoms with Crippen molar-refractivity contribution in [2.24, 2.45) is 0 Å². The highest BCUT2D eigenvalue weighted by molar-refractivity contribution is 5.96. The molecule has 0 saturated carbocycles. The summed E-state index contributed by atoms with van der Waals surface area (Å²) in [6.45, 7) is 7.02. The molecule has 3 aliphatic heterocycles. The molecule has 3 aliphatic rings. The predicted octanol–water partition coefficient (Wildman–Crippen LogP) is 6.11. The maximum absolute atomic E-state index is 13.3. The summed E-state index contributed by atoms with van der Waals surface area (Å²) in [7, 11) is 2.15. The SMILES string of the molecule is Cc1ccc2ccccc2c1N1CCCc2c(nc(OC[C@@H]3CCCN3C)nc2N2CCN(C(=O)OCc3ccccc3)[C@@H](CC#N)C2)C1. The van der Waals surface area contributed by atoms with Gasteiger partial charge in [-0.1, -0.05) is 66.7 Å². The Morgan fingerprint density at radius 2 is 1.78 bits per heavy atom. The monoisotopic (exact) mass is 659 g/mol. The summed E-state index contributed by atoms with van der Waals surface area (Å²) in [5.41, 5.74) is 5.52. The molecular weight excluding hydrogens is 614 g/mol. The Bertz CT molecular complexity index is 1830. The number of nitriles is 1. The number of fused-ring (bicyclic) bond motifs is 2. The molecule has 1 amide bonds. The zero-order valence-electron chi connectivity index (χ0n) is 28.6. The molecule has 0 N–H and O–H groups in total. The lowest BCUT2D eigenvalue weighted by Gasteiger charge is -2.41. The van der Waals surface area contributed by atoms with E-state index < -0.39 is 6.09 Å². The van der Waals surface area contributed by atoms with Crippen LogP contribution in [0.3, 0.4) is 0 Å². The average molecular weight is 660 g/mol. The van der Waals surface area contributed by atoms with Gasteiger partial charge < -0.3 is 29.1 Å². The van der Waals surface area contributed by atoms with Gasteiger partial charge in [0, 0.05) is 48.9 Å². The Balaban J connectivity index is 1.18. The molecule has 1 aromatic heterocycles. The van der Waals surface area contributed by atoms with Crippen LogP contribution in [0.4, 0.5) is 16.3 Å². The normalized spacial score (nSPS) is 19.7. The summed E-state index contributed by atoms with van der Waals surface area (Å²) in [6, 6.07) is 25.4. The van der Waals surface area contributed by atoms with Crippen LogP contribution in [0.15, 0.2) is 66.7 Å². The first-order valence-electron chi connectivity index (χ1n) is 17.5. The highest BCUT2D eigenvalue weighted by atomic mass is 16.6. The van der Waals surface area contributed by atoms with Crippen LogP contribution in [0.2, 0.25) is 0 Å². The van der Waals surface area contributed by atoms with E-state index >= 15 is 0 Å². The van der Waals surface area contributed by atoms with E-state index in [1.165, 1.54) is 28.4 Å². The lowest BCUT2D eigenvalue weighted by Crippen LogP contribution is -2.55. The van der Waals surface area contributed by atoms with Gasteiger partial charge in [0.15, 0.2) is 0 Å². The Hall–Kier alpha value is -4.88. The molecule has 49 heavy (non-hydrogen) atoms. The number of likely N-dealkylation sites (tertiary alicyclic amines) is 1. The van der Waals surface area contributed by atoms with Crippen molar-refractivity contribution in [1.29, 1.82) is 5.26 Å². The second-order valence-electron chi connectivity index (χ2n) is 13.5. The molecular formula is C39H45N7O3. The smallest absolute Gasteiger partial charge is 0.410 e. The fourth-order valence-electron chi connectivity index (χ4n) is 7.62. The molecule has 0 bridgehead atoms. The van der Waals surface area contributed by atoms with E-state index in [-0.39, 0.29) is 19.1 Å². The van der Waals surface area contributed by atoms with Crippen LogP contribution in [-0.2, 0) is 24.3 Å². The van der Waals surface area contributed by atoms with Gasteiger partial charge in [0.25, 0.3) is 0 Å². The molecule has 2 atom stereocenters. The maximum atomic E-state index is 13.3. The van der Waals surface area contributed by atoms with Gasteiger partial charge in [0.2, 0.25) is 0 Å². The van der Waals surface area contributed by atoms with Crippen LogP contribution in [0.5, 0.6) is 6.01 Å². The molecule has 7 rings (SSSR count). The van der Waals surface area contributed by atoms with Gasteiger partial charge in [0.05, 0.1) is 30.8 Å². The van der Waals surface area contributed by atoms with Crippen LogP contribution in [0, 0.1) is 18.3 Å². The first-order chi connectivity index (χ1) is 24.0. The van der Waals surface area contributed by atoms with Crippen molar-refractivity contribution in [1.82, 2.24) is 19.8 Å². The Kier molecular flexibility index (Phi) is 9.80. The zero-order chi connectivity index (χ0) is 33.7. The second kappa shape index (κ2) is 14.7. The van der Waals surface area contributed by atoms with Gasteiger partial charge in [-0.15, -0.1) is 0 Å². The summed E-state index contributed by atoms with van der Waals surface area (Å²) in [5.74, 6) is 0.858. The summed E-state index contributed by atoms with van der Waals surface area (Å²) in [6.07, 6.45) is 3.86. The lowest BCUT2D eigenvalue weighted by molar-refractivity contribution is 0.0767. The standard InChI is InChI=1S/C39H45N7O3/c1-28-16-17-30-12-6-7-14-33(30)36(28)44-21-9-15-34-35(25-44)41-38(48-27-32-13-8-20-43(32)2)42-37(34)45-22-23-46(31(24-45)18-19-40)39(47)49-26-29-10-4-3-5-11-29/h3-7,10-12,14,16-17,31-32H,8-9,13,15,18,20-27H2,1-2H3/t31-,32-/m0/s1. The number of benzene rings is 3. The molecule has 4 aromatic rings. The quantitative estimate of drug-likeness (QED) is 0.222. The van der Waals surface area contributed by atoms with Crippen molar-refractivity contribution in [3.05, 3.63) is 89.1 Å². The number of anilines is 2. The Labute approximate surface area is 288 Å². The molecule has 0 radical (unpaired) electrons. The number of aryl methyl sites for hydroxylation is 1. The third-order valence-corrected chi connectivity index (χ3v) is 10.3. The van der Waals surface area contributed by atoms with Gasteiger partial charge in [-0.3, -0.25) is 0 Å². The van der Waals surface area contributed by atoms with Crippen molar-refractivity contribution in [2.75, 3.05) is 56.2 Å². The molecule has 10 nitrogen and oxygen atoms in total. The second-order valence-corrected chi connectivity index (χ2v) is 13.5. The molecule has 254 valence electrons. The van der Waals surface area contributed by atoms with E-state index in [1.54, 1.807) is 4.90 Å². The van der Waals surface area contributed by atoms with Gasteiger partial charge in [0.1, 0.15) is 19.0 Å². The number of likely N-dealkylation sites (N-methyl/N-ethyl adjacent to an activating group) is 1. The first kappa shape index (κ1) is 32.7. The first-order valence-corrected chi connectivity index (χ1v) is 17.5. The number of rotatable bonds is 8. The minimum absolute atomic E-state index is 0.197. The predicted molar refractivity (Wildman–Crippen MR) is 191 cm³/mol. The molecule has 2 fully saturated rings. The largest absolute Gasteiger partial charge is 0.462 e. The zero-order valence-corrected chi connectivity index (χ0v) is 28.6. The van der Waals surface area contributed by atoms with E-state index in [0.29, 0.717) is 44.8 Å². The molecule has 10 heteroatoms. The number of ether oxygens (including phenoxy) is 2. The third-order valence-electron chi connectivity index (χ3n) is 10.3. The maximum Gasteiger partial charge on any atom is 0.410 e. The Morgan fingerprint density at radius 3 is 2.59 bits per heavy atom. The fourth-order valence-corrected chi connectivity index (χ4v) is 7.62. The van der Waals surface area contributed by atoms with Crippen LogP contribution in [0.25, 0.3) is 10.8 Å². The van der Waals surface area contributed by atoms with Crippen molar-refractivity contribution in [2.45, 2.75) is 64.3 Å². The number of hydrogen-bond acceptors (Lipinski definition) is 9. The third kappa shape index (κ3) is 7.13. The van der Waals surface area contributed by atoms with E-state index in [0.717, 1.165) is 55.0 Å². The number of carbonyl (C=O) groups is 1. The number of nitrogens with zero attached hydrogens (tertiary/aromatic N) is 7. The number of carbonyl (C=O) groups excluding carboxylic acids is 1. The van der Waals surface area contributed by atoms with Gasteiger partial charge >= 0.3 is 12.1 Å². The molecule has 2 saturated heterocycles. The van der Waals surface area contributed by atoms with Crippen molar-refractivity contribution in [3.63, 3.8) is 0 Å². The fraction of sp³-hybridized carbons (Fsp3) is 0.436. The highest BCUT2D eigenvalue weighted by Crippen LogP contribution is 2.36. The lowest BCUT2D eigenvalue weighted by atomic mass is 10.0. The minimum atomic E-state index is -0.393. The van der Waals surface area contributed by atoms with Crippen molar-refractivity contribution in [3.8, 4) is 12.1 Å². The van der Waals surface area contributed by atoms with E-state index in [1.807, 2.05) is 30.3 Å². The summed E-state index contributed by atoms with van der Waals surface area (Å²) in [5, 5.41) is 12.3. The molecule has 4 heterocycles.